The summed E-state index contributed by atoms with van der Waals surface area (Å²) < 4.78 is 0. The van der Waals surface area contributed by atoms with Crippen LogP contribution in [0.3, 0.4) is 0 Å². The molecule has 1 aromatic rings. The lowest BCUT2D eigenvalue weighted by Crippen LogP contribution is -2.40. The molecule has 3 heteroatoms. The largest absolute Gasteiger partial charge is 0.387 e. The maximum absolute atomic E-state index is 10.3. The van der Waals surface area contributed by atoms with Crippen LogP contribution in [-0.4, -0.2) is 29.1 Å². The molecule has 0 spiro atoms. The van der Waals surface area contributed by atoms with Gasteiger partial charge in [0.15, 0.2) is 0 Å². The molecule has 94 valence electrons. The highest BCUT2D eigenvalue weighted by molar-refractivity contribution is 6.30. The smallest absolute Gasteiger partial charge is 0.0942 e. The summed E-state index contributed by atoms with van der Waals surface area (Å²) in [6.07, 6.45) is 3.39. The van der Waals surface area contributed by atoms with E-state index in [1.165, 1.54) is 19.3 Å². The Morgan fingerprint density at radius 3 is 2.29 bits per heavy atom. The highest BCUT2D eigenvalue weighted by Crippen LogP contribution is 2.24. The Morgan fingerprint density at radius 2 is 1.71 bits per heavy atom. The van der Waals surface area contributed by atoms with Gasteiger partial charge in [-0.05, 0) is 50.6 Å². The molecule has 1 aliphatic heterocycles. The molecule has 2 nitrogen and oxygen atoms in total. The Hall–Kier alpha value is -0.570. The molecule has 17 heavy (non-hydrogen) atoms. The van der Waals surface area contributed by atoms with Crippen LogP contribution in [0.4, 0.5) is 0 Å². The first kappa shape index (κ1) is 12.9. The van der Waals surface area contributed by atoms with E-state index in [0.717, 1.165) is 18.7 Å². The molecule has 1 aliphatic rings. The number of benzene rings is 1. The van der Waals surface area contributed by atoms with Crippen LogP contribution in [0.15, 0.2) is 24.3 Å². The van der Waals surface area contributed by atoms with Crippen molar-refractivity contribution >= 4 is 11.6 Å². The molecule has 0 unspecified atom stereocenters. The van der Waals surface area contributed by atoms with Gasteiger partial charge in [-0.25, -0.2) is 0 Å². The zero-order valence-corrected chi connectivity index (χ0v) is 11.0. The number of piperidine rings is 1. The van der Waals surface area contributed by atoms with Crippen molar-refractivity contribution in [3.05, 3.63) is 34.9 Å². The molecule has 2 atom stereocenters. The topological polar surface area (TPSA) is 23.5 Å². The van der Waals surface area contributed by atoms with E-state index in [2.05, 4.69) is 11.8 Å². The van der Waals surface area contributed by atoms with Gasteiger partial charge in [0.25, 0.3) is 0 Å². The number of hydrogen-bond acceptors (Lipinski definition) is 2. The van der Waals surface area contributed by atoms with Crippen molar-refractivity contribution in [2.24, 2.45) is 0 Å². The second-order valence-electron chi connectivity index (χ2n) is 4.83. The average Bonchev–Trinajstić information content (AvgIpc) is 2.39. The summed E-state index contributed by atoms with van der Waals surface area (Å²) in [5.74, 6) is 0. The average molecular weight is 254 g/mol. The maximum Gasteiger partial charge on any atom is 0.0942 e. The van der Waals surface area contributed by atoms with Gasteiger partial charge in [-0.15, -0.1) is 0 Å². The fraction of sp³-hybridized carbons (Fsp3) is 0.571. The Morgan fingerprint density at radius 1 is 1.12 bits per heavy atom. The molecule has 1 N–H and O–H groups in total. The molecule has 1 saturated heterocycles. The lowest BCUT2D eigenvalue weighted by Gasteiger charge is -2.35. The van der Waals surface area contributed by atoms with Crippen LogP contribution in [0, 0.1) is 0 Å². The van der Waals surface area contributed by atoms with Crippen LogP contribution >= 0.6 is 11.6 Å². The van der Waals surface area contributed by atoms with Crippen molar-refractivity contribution in [3.8, 4) is 0 Å². The number of halogens is 1. The lowest BCUT2D eigenvalue weighted by molar-refractivity contribution is 0.0471. The van der Waals surface area contributed by atoms with Crippen molar-refractivity contribution in [2.45, 2.75) is 38.3 Å². The molecule has 0 saturated carbocycles. The van der Waals surface area contributed by atoms with E-state index in [1.54, 1.807) is 0 Å². The minimum atomic E-state index is -0.426. The maximum atomic E-state index is 10.3. The number of likely N-dealkylation sites (tertiary alicyclic amines) is 1. The van der Waals surface area contributed by atoms with Crippen molar-refractivity contribution in [2.75, 3.05) is 13.1 Å². The number of rotatable bonds is 3. The molecule has 1 aromatic carbocycles. The summed E-state index contributed by atoms with van der Waals surface area (Å²) in [5, 5.41) is 11.1. The summed E-state index contributed by atoms with van der Waals surface area (Å²) in [4.78, 5) is 2.38. The van der Waals surface area contributed by atoms with Crippen LogP contribution in [0.1, 0.15) is 37.9 Å². The van der Waals surface area contributed by atoms with Crippen LogP contribution in [0.2, 0.25) is 5.02 Å². The second-order valence-corrected chi connectivity index (χ2v) is 5.27. The molecule has 0 aliphatic carbocycles. The van der Waals surface area contributed by atoms with Gasteiger partial charge in [0.1, 0.15) is 0 Å². The summed E-state index contributed by atoms with van der Waals surface area (Å²) in [7, 11) is 0. The first-order valence-electron chi connectivity index (χ1n) is 6.36. The third-order valence-corrected chi connectivity index (χ3v) is 3.89. The standard InChI is InChI=1S/C14H20ClNO/c1-11(16-9-3-2-4-10-16)14(17)12-5-7-13(15)8-6-12/h5-8,11,14,17H,2-4,9-10H2,1H3/t11-,14+/m0/s1. The SMILES string of the molecule is C[C@@H]([C@@H](O)c1ccc(Cl)cc1)N1CCCCC1. The summed E-state index contributed by atoms with van der Waals surface area (Å²) in [5.41, 5.74) is 0.951. The molecule has 0 amide bonds. The van der Waals surface area contributed by atoms with Gasteiger partial charge in [0, 0.05) is 11.1 Å². The molecular weight excluding hydrogens is 234 g/mol. The number of nitrogens with zero attached hydrogens (tertiary/aromatic N) is 1. The molecule has 0 bridgehead atoms. The van der Waals surface area contributed by atoms with Crippen LogP contribution in [0.25, 0.3) is 0 Å². The highest BCUT2D eigenvalue weighted by atomic mass is 35.5. The van der Waals surface area contributed by atoms with Crippen molar-refractivity contribution in [1.29, 1.82) is 0 Å². The van der Waals surface area contributed by atoms with E-state index in [-0.39, 0.29) is 6.04 Å². The molecule has 2 rings (SSSR count). The summed E-state index contributed by atoms with van der Waals surface area (Å²) in [6, 6.07) is 7.67. The predicted molar refractivity (Wildman–Crippen MR) is 71.3 cm³/mol. The Balaban J connectivity index is 2.02. The first-order valence-corrected chi connectivity index (χ1v) is 6.74. The third-order valence-electron chi connectivity index (χ3n) is 3.64. The van der Waals surface area contributed by atoms with Crippen molar-refractivity contribution < 1.29 is 5.11 Å². The number of aliphatic hydroxyl groups is 1. The van der Waals surface area contributed by atoms with Gasteiger partial charge < -0.3 is 5.11 Å². The molecule has 0 aromatic heterocycles. The van der Waals surface area contributed by atoms with Gasteiger partial charge in [0.2, 0.25) is 0 Å². The fourth-order valence-corrected chi connectivity index (χ4v) is 2.59. The highest BCUT2D eigenvalue weighted by Gasteiger charge is 2.24. The van der Waals surface area contributed by atoms with Gasteiger partial charge in [0.05, 0.1) is 6.10 Å². The fourth-order valence-electron chi connectivity index (χ4n) is 2.46. The minimum absolute atomic E-state index is 0.177. The van der Waals surface area contributed by atoms with E-state index < -0.39 is 6.10 Å². The van der Waals surface area contributed by atoms with Gasteiger partial charge in [-0.3, -0.25) is 4.90 Å². The van der Waals surface area contributed by atoms with Crippen molar-refractivity contribution in [1.82, 2.24) is 4.90 Å². The zero-order chi connectivity index (χ0) is 12.3. The third kappa shape index (κ3) is 3.21. The van der Waals surface area contributed by atoms with E-state index in [0.29, 0.717) is 5.02 Å². The number of hydrogen-bond donors (Lipinski definition) is 1. The predicted octanol–water partition coefficient (Wildman–Crippen LogP) is 3.25. The van der Waals surface area contributed by atoms with E-state index in [1.807, 2.05) is 24.3 Å². The monoisotopic (exact) mass is 253 g/mol. The van der Waals surface area contributed by atoms with Gasteiger partial charge in [-0.2, -0.15) is 0 Å². The Kier molecular flexibility index (Phi) is 4.43. The van der Waals surface area contributed by atoms with E-state index in [9.17, 15) is 5.11 Å². The molecule has 1 heterocycles. The van der Waals surface area contributed by atoms with E-state index >= 15 is 0 Å². The number of aliphatic hydroxyl groups excluding tert-OH is 1. The quantitative estimate of drug-likeness (QED) is 0.894. The first-order chi connectivity index (χ1) is 8.18. The second kappa shape index (κ2) is 5.85. The van der Waals surface area contributed by atoms with Gasteiger partial charge >= 0.3 is 0 Å². The summed E-state index contributed by atoms with van der Waals surface area (Å²) in [6.45, 7) is 4.31. The Bertz CT molecular complexity index is 346. The van der Waals surface area contributed by atoms with Crippen LogP contribution in [0.5, 0.6) is 0 Å². The Labute approximate surface area is 108 Å². The van der Waals surface area contributed by atoms with Crippen LogP contribution < -0.4 is 0 Å². The molecular formula is C14H20ClNO. The summed E-state index contributed by atoms with van der Waals surface area (Å²) >= 11 is 5.85. The molecule has 1 fully saturated rings. The normalized spacial score (nSPS) is 21.1. The van der Waals surface area contributed by atoms with E-state index in [4.69, 9.17) is 11.6 Å². The van der Waals surface area contributed by atoms with Gasteiger partial charge in [-0.1, -0.05) is 30.2 Å². The lowest BCUT2D eigenvalue weighted by atomic mass is 10.00. The van der Waals surface area contributed by atoms with Crippen molar-refractivity contribution in [3.63, 3.8) is 0 Å². The van der Waals surface area contributed by atoms with Crippen LogP contribution in [-0.2, 0) is 0 Å². The molecule has 0 radical (unpaired) electrons. The minimum Gasteiger partial charge on any atom is -0.387 e. The zero-order valence-electron chi connectivity index (χ0n) is 10.3.